The number of para-hydroxylation sites is 1. The first kappa shape index (κ1) is 38.3. The quantitative estimate of drug-likeness (QED) is 0.117. The Labute approximate surface area is 335 Å². The molecule has 2 aromatic heterocycles. The molecule has 2 fully saturated rings. The number of fused-ring (bicyclic) bond motifs is 1. The van der Waals surface area contributed by atoms with E-state index in [-0.39, 0.29) is 18.0 Å². The smallest absolute Gasteiger partial charge is 0.226 e. The van der Waals surface area contributed by atoms with Crippen LogP contribution in [0.5, 0.6) is 23.3 Å². The fourth-order valence-electron chi connectivity index (χ4n) is 8.03. The number of nitrogens with zero attached hydrogens (tertiary/aromatic N) is 5. The van der Waals surface area contributed by atoms with Gasteiger partial charge in [0.1, 0.15) is 30.4 Å². The third-order valence-corrected chi connectivity index (χ3v) is 11.4. The van der Waals surface area contributed by atoms with Crippen molar-refractivity contribution in [3.8, 4) is 34.5 Å². The highest BCUT2D eigenvalue weighted by Gasteiger charge is 2.28. The van der Waals surface area contributed by atoms with Crippen LogP contribution in [0.1, 0.15) is 49.3 Å². The molecule has 10 nitrogen and oxygen atoms in total. The number of rotatable bonds is 14. The zero-order valence-electron chi connectivity index (χ0n) is 33.2. The molecule has 1 aliphatic carbocycles. The van der Waals surface area contributed by atoms with Crippen molar-refractivity contribution in [3.05, 3.63) is 126 Å². The van der Waals surface area contributed by atoms with Gasteiger partial charge < -0.3 is 29.0 Å². The molecule has 0 bridgehead atoms. The van der Waals surface area contributed by atoms with Crippen molar-refractivity contribution in [2.75, 3.05) is 37.7 Å². The van der Waals surface area contributed by atoms with Crippen molar-refractivity contribution in [1.29, 1.82) is 0 Å². The number of aromatic nitrogens is 3. The summed E-state index contributed by atoms with van der Waals surface area (Å²) >= 11 is 0. The number of phenolic OH excluding ortho intramolecular Hbond substituents is 1. The monoisotopic (exact) mass is 767 g/mol. The second kappa shape index (κ2) is 17.7. The number of phenols is 1. The number of aryl methyl sites for hydroxylation is 1. The number of pyridine rings is 1. The predicted octanol–water partition coefficient (Wildman–Crippen LogP) is 8.72. The van der Waals surface area contributed by atoms with Crippen molar-refractivity contribution < 1.29 is 24.1 Å². The molecule has 1 saturated carbocycles. The Morgan fingerprint density at radius 1 is 0.737 bits per heavy atom. The molecule has 0 spiro atoms. The predicted molar refractivity (Wildman–Crippen MR) is 224 cm³/mol. The summed E-state index contributed by atoms with van der Waals surface area (Å²) in [4.78, 5) is 9.90. The molecule has 3 heterocycles. The second-order valence-electron chi connectivity index (χ2n) is 15.3. The van der Waals surface area contributed by atoms with E-state index in [9.17, 15) is 5.11 Å². The van der Waals surface area contributed by atoms with E-state index in [2.05, 4.69) is 47.1 Å². The zero-order valence-corrected chi connectivity index (χ0v) is 33.2. The molecule has 296 valence electrons. The minimum absolute atomic E-state index is 0.160. The van der Waals surface area contributed by atoms with Gasteiger partial charge in [-0.15, -0.1) is 0 Å². The van der Waals surface area contributed by atoms with Crippen LogP contribution in [-0.2, 0) is 25.0 Å². The van der Waals surface area contributed by atoms with Gasteiger partial charge in [-0.05, 0) is 74.9 Å². The van der Waals surface area contributed by atoms with Crippen molar-refractivity contribution in [3.63, 3.8) is 0 Å². The van der Waals surface area contributed by atoms with E-state index in [0.29, 0.717) is 31.0 Å². The van der Waals surface area contributed by atoms with Crippen LogP contribution in [0.2, 0.25) is 0 Å². The summed E-state index contributed by atoms with van der Waals surface area (Å²) in [5.41, 5.74) is 6.86. The van der Waals surface area contributed by atoms with E-state index < -0.39 is 0 Å². The summed E-state index contributed by atoms with van der Waals surface area (Å²) in [7, 11) is 2.02. The van der Waals surface area contributed by atoms with E-state index in [4.69, 9.17) is 29.0 Å². The molecule has 4 aromatic carbocycles. The van der Waals surface area contributed by atoms with Crippen LogP contribution in [0.4, 0.5) is 5.69 Å². The lowest BCUT2D eigenvalue weighted by atomic mass is 9.94. The van der Waals surface area contributed by atoms with Crippen LogP contribution in [0.25, 0.3) is 22.2 Å². The van der Waals surface area contributed by atoms with Gasteiger partial charge in [0.05, 0.1) is 35.6 Å². The first-order chi connectivity index (χ1) is 27.9. The summed E-state index contributed by atoms with van der Waals surface area (Å²) < 4.78 is 27.3. The highest BCUT2D eigenvalue weighted by Crippen LogP contribution is 2.39. The van der Waals surface area contributed by atoms with Gasteiger partial charge in [0, 0.05) is 56.3 Å². The summed E-state index contributed by atoms with van der Waals surface area (Å²) in [6, 6.07) is 36.4. The lowest BCUT2D eigenvalue weighted by Crippen LogP contribution is -2.51. The maximum Gasteiger partial charge on any atom is 0.226 e. The van der Waals surface area contributed by atoms with Gasteiger partial charge in [-0.2, -0.15) is 10.1 Å². The third kappa shape index (κ3) is 9.03. The molecule has 10 heteroatoms. The van der Waals surface area contributed by atoms with Crippen LogP contribution in [-0.4, -0.2) is 75.8 Å². The maximum atomic E-state index is 10.0. The number of ether oxygens (including phenoxy) is 4. The highest BCUT2D eigenvalue weighted by molar-refractivity contribution is 6.01. The third-order valence-electron chi connectivity index (χ3n) is 11.4. The Kier molecular flexibility index (Phi) is 11.9. The van der Waals surface area contributed by atoms with Gasteiger partial charge in [0.2, 0.25) is 11.8 Å². The van der Waals surface area contributed by atoms with E-state index in [1.165, 1.54) is 5.69 Å². The highest BCUT2D eigenvalue weighted by atomic mass is 16.5. The number of anilines is 1. The molecule has 1 atom stereocenters. The summed E-state index contributed by atoms with van der Waals surface area (Å²) in [6.45, 7) is 9.46. The molecular formula is C47H53N5O5. The molecule has 0 unspecified atom stereocenters. The largest absolute Gasteiger partial charge is 0.508 e. The van der Waals surface area contributed by atoms with Crippen LogP contribution >= 0.6 is 0 Å². The molecule has 0 radical (unpaired) electrons. The van der Waals surface area contributed by atoms with E-state index in [0.717, 1.165) is 103 Å². The first-order valence-electron chi connectivity index (χ1n) is 20.3. The fraction of sp³-hybridized carbons (Fsp3) is 0.362. The standard InChI is InChI=1S/C47H53N5O5/c1-33(30-54-37-20-22-38(23-21-37)57-43-19-11-18-42(53)34(43)2)51-26-28-52(29-27-51)41-17-10-16-39-45(49-50(3)46(39)41)40-24-25-44(55-31-35-12-6-4-7-13-35)48-47(40)56-32-36-14-8-5-9-15-36/h4-19,24-25,33,37-38,53H,20-23,26-32H2,1-3H3/t33-,37?,38?/m1/s1. The van der Waals surface area contributed by atoms with E-state index >= 15 is 0 Å². The molecule has 8 rings (SSSR count). The van der Waals surface area contributed by atoms with Crippen molar-refractivity contribution in [2.24, 2.45) is 7.05 Å². The number of piperazine rings is 1. The molecule has 1 N–H and O–H groups in total. The average molecular weight is 768 g/mol. The average Bonchev–Trinajstić information content (AvgIpc) is 3.60. The Balaban J connectivity index is 0.906. The minimum atomic E-state index is 0.160. The maximum absolute atomic E-state index is 10.0. The fourth-order valence-corrected chi connectivity index (χ4v) is 8.03. The molecule has 57 heavy (non-hydrogen) atoms. The van der Waals surface area contributed by atoms with Gasteiger partial charge in [-0.3, -0.25) is 9.58 Å². The second-order valence-corrected chi connectivity index (χ2v) is 15.3. The Hall–Kier alpha value is -5.58. The van der Waals surface area contributed by atoms with E-state index in [1.54, 1.807) is 6.07 Å². The number of benzene rings is 4. The topological polar surface area (TPSA) is 94.3 Å². The Bertz CT molecular complexity index is 2230. The summed E-state index contributed by atoms with van der Waals surface area (Å²) in [5, 5.41) is 16.2. The number of hydrogen-bond donors (Lipinski definition) is 1. The van der Waals surface area contributed by atoms with Crippen molar-refractivity contribution in [1.82, 2.24) is 19.7 Å². The van der Waals surface area contributed by atoms with Crippen LogP contribution in [0.3, 0.4) is 0 Å². The number of aromatic hydroxyl groups is 1. The molecule has 0 amide bonds. The molecule has 2 aliphatic rings. The van der Waals surface area contributed by atoms with Crippen LogP contribution in [0, 0.1) is 6.92 Å². The van der Waals surface area contributed by atoms with Gasteiger partial charge in [0.15, 0.2) is 0 Å². The Morgan fingerprint density at radius 3 is 2.12 bits per heavy atom. The van der Waals surface area contributed by atoms with Crippen LogP contribution < -0.4 is 19.1 Å². The Morgan fingerprint density at radius 2 is 1.40 bits per heavy atom. The molecule has 6 aromatic rings. The summed E-state index contributed by atoms with van der Waals surface area (Å²) in [6.07, 6.45) is 4.31. The minimum Gasteiger partial charge on any atom is -0.508 e. The number of hydrogen-bond acceptors (Lipinski definition) is 9. The van der Waals surface area contributed by atoms with E-state index in [1.807, 2.05) is 91.4 Å². The zero-order chi connectivity index (χ0) is 39.1. The first-order valence-corrected chi connectivity index (χ1v) is 20.3. The van der Waals surface area contributed by atoms with Gasteiger partial charge >= 0.3 is 0 Å². The van der Waals surface area contributed by atoms with Gasteiger partial charge in [0.25, 0.3) is 0 Å². The lowest BCUT2D eigenvalue weighted by Gasteiger charge is -2.39. The normalized spacial score (nSPS) is 18.1. The van der Waals surface area contributed by atoms with Crippen molar-refractivity contribution >= 4 is 16.6 Å². The van der Waals surface area contributed by atoms with Crippen LogP contribution in [0.15, 0.2) is 109 Å². The SMILES string of the molecule is Cc1c(O)cccc1OC1CCC(OC[C@@H](C)N2CCN(c3cccc4c(-c5ccc(OCc6ccccc6)nc5OCc5ccccc5)nn(C)c34)CC2)CC1. The lowest BCUT2D eigenvalue weighted by molar-refractivity contribution is -0.0222. The molecule has 1 aliphatic heterocycles. The van der Waals surface area contributed by atoms with Gasteiger partial charge in [-0.1, -0.05) is 78.9 Å². The molecule has 1 saturated heterocycles. The van der Waals surface area contributed by atoms with Crippen molar-refractivity contribution in [2.45, 2.75) is 71.0 Å². The van der Waals surface area contributed by atoms with Gasteiger partial charge in [-0.25, -0.2) is 0 Å². The molecular weight excluding hydrogens is 715 g/mol. The summed E-state index contributed by atoms with van der Waals surface area (Å²) in [5.74, 6) is 2.05.